The zero-order valence-corrected chi connectivity index (χ0v) is 20.6. The number of amides is 1. The largest absolute Gasteiger partial charge is 0.497 e. The summed E-state index contributed by atoms with van der Waals surface area (Å²) in [4.78, 5) is 12.8. The molecule has 0 atom stereocenters. The van der Waals surface area contributed by atoms with E-state index >= 15 is 0 Å². The third-order valence-corrected chi connectivity index (χ3v) is 7.41. The quantitative estimate of drug-likeness (QED) is 0.350. The molecule has 0 radical (unpaired) electrons. The van der Waals surface area contributed by atoms with Crippen LogP contribution in [0, 0.1) is 0 Å². The molecule has 13 heteroatoms. The van der Waals surface area contributed by atoms with Crippen molar-refractivity contribution in [1.82, 2.24) is 10.2 Å². The Morgan fingerprint density at radius 3 is 2.31 bits per heavy atom. The van der Waals surface area contributed by atoms with E-state index in [1.807, 2.05) is 0 Å². The van der Waals surface area contributed by atoms with Gasteiger partial charge >= 0.3 is 6.01 Å². The number of ether oxygens (including phenoxy) is 1. The van der Waals surface area contributed by atoms with Crippen molar-refractivity contribution in [2.75, 3.05) is 23.4 Å². The lowest BCUT2D eigenvalue weighted by Gasteiger charge is -2.10. The molecular weight excluding hydrogens is 508 g/mol. The van der Waals surface area contributed by atoms with Crippen LogP contribution in [-0.4, -0.2) is 46.3 Å². The highest BCUT2D eigenvalue weighted by molar-refractivity contribution is 7.92. The van der Waals surface area contributed by atoms with Crippen molar-refractivity contribution in [3.05, 3.63) is 78.4 Å². The molecule has 36 heavy (non-hydrogen) atoms. The van der Waals surface area contributed by atoms with Crippen molar-refractivity contribution in [2.24, 2.45) is 0 Å². The average Bonchev–Trinajstić information content (AvgIpc) is 3.32. The van der Waals surface area contributed by atoms with Crippen molar-refractivity contribution in [3.8, 4) is 17.2 Å². The topological polar surface area (TPSA) is 158 Å². The molecule has 1 aromatic heterocycles. The van der Waals surface area contributed by atoms with Crippen LogP contribution in [0.15, 0.2) is 87.0 Å². The highest BCUT2D eigenvalue weighted by Crippen LogP contribution is 2.24. The van der Waals surface area contributed by atoms with Crippen LogP contribution < -0.4 is 14.8 Å². The summed E-state index contributed by atoms with van der Waals surface area (Å²) < 4.78 is 61.8. The molecule has 4 rings (SSSR count). The van der Waals surface area contributed by atoms with Gasteiger partial charge in [-0.1, -0.05) is 17.2 Å². The van der Waals surface area contributed by atoms with Crippen LogP contribution in [0.3, 0.4) is 0 Å². The number of rotatable bonds is 8. The Kier molecular flexibility index (Phi) is 6.77. The minimum absolute atomic E-state index is 0.0109. The predicted octanol–water partition coefficient (Wildman–Crippen LogP) is 3.20. The normalized spacial score (nSPS) is 11.6. The summed E-state index contributed by atoms with van der Waals surface area (Å²) in [6, 6.07) is 17.4. The Morgan fingerprint density at radius 2 is 1.61 bits per heavy atom. The smallest absolute Gasteiger partial charge is 0.322 e. The molecule has 0 saturated heterocycles. The lowest BCUT2D eigenvalue weighted by Crippen LogP contribution is -2.15. The highest BCUT2D eigenvalue weighted by Gasteiger charge is 2.17. The summed E-state index contributed by atoms with van der Waals surface area (Å²) >= 11 is 0. The van der Waals surface area contributed by atoms with Gasteiger partial charge in [0.05, 0.1) is 16.9 Å². The van der Waals surface area contributed by atoms with Gasteiger partial charge in [-0.25, -0.2) is 16.8 Å². The maximum atomic E-state index is 12.7. The zero-order valence-electron chi connectivity index (χ0n) is 19.0. The van der Waals surface area contributed by atoms with E-state index in [9.17, 15) is 21.6 Å². The van der Waals surface area contributed by atoms with Gasteiger partial charge in [0.1, 0.15) is 5.75 Å². The maximum Gasteiger partial charge on any atom is 0.322 e. The predicted molar refractivity (Wildman–Crippen MR) is 131 cm³/mol. The fraction of sp³-hybridized carbons (Fsp3) is 0.0870. The van der Waals surface area contributed by atoms with Crippen LogP contribution in [0.2, 0.25) is 0 Å². The molecule has 2 N–H and O–H groups in total. The third kappa shape index (κ3) is 5.70. The van der Waals surface area contributed by atoms with Gasteiger partial charge in [-0.2, -0.15) is 0 Å². The van der Waals surface area contributed by atoms with E-state index < -0.39 is 25.8 Å². The lowest BCUT2D eigenvalue weighted by molar-refractivity contribution is 0.102. The minimum atomic E-state index is -3.90. The van der Waals surface area contributed by atoms with E-state index in [-0.39, 0.29) is 32.9 Å². The molecule has 0 aliphatic heterocycles. The molecule has 0 spiro atoms. The summed E-state index contributed by atoms with van der Waals surface area (Å²) in [5, 5.41) is 10.0. The van der Waals surface area contributed by atoms with Crippen LogP contribution in [0.5, 0.6) is 5.75 Å². The first-order chi connectivity index (χ1) is 17.0. The van der Waals surface area contributed by atoms with Crippen LogP contribution in [0.1, 0.15) is 10.4 Å². The molecule has 0 aliphatic rings. The molecule has 1 amide bonds. The zero-order chi connectivity index (χ0) is 25.9. The molecule has 0 saturated carbocycles. The van der Waals surface area contributed by atoms with E-state index in [0.29, 0.717) is 11.3 Å². The summed E-state index contributed by atoms with van der Waals surface area (Å²) in [7, 11) is -5.86. The standard InChI is InChI=1S/C23H20N4O7S2/c1-33-18-9-11-19(12-10-18)36(31,32)27-17-7-3-5-15(13-17)21(28)24-23-26-25-22(34-23)16-6-4-8-20(14-16)35(2,29)30/h3-14,27H,1-2H3,(H,24,26,28). The van der Waals surface area contributed by atoms with Crippen molar-refractivity contribution < 1.29 is 30.8 Å². The number of sulfone groups is 1. The van der Waals surface area contributed by atoms with Crippen molar-refractivity contribution >= 4 is 37.5 Å². The fourth-order valence-corrected chi connectivity index (χ4v) is 4.83. The first kappa shape index (κ1) is 24.9. The maximum absolute atomic E-state index is 12.7. The Bertz CT molecular complexity index is 1630. The molecule has 0 fully saturated rings. The number of aromatic nitrogens is 2. The minimum Gasteiger partial charge on any atom is -0.497 e. The van der Waals surface area contributed by atoms with Gasteiger partial charge < -0.3 is 9.15 Å². The van der Waals surface area contributed by atoms with Gasteiger partial charge in [-0.05, 0) is 60.7 Å². The Balaban J connectivity index is 1.48. The number of hydrogen-bond acceptors (Lipinski definition) is 9. The first-order valence-corrected chi connectivity index (χ1v) is 13.6. The number of benzene rings is 3. The molecule has 11 nitrogen and oxygen atoms in total. The third-order valence-electron chi connectivity index (χ3n) is 4.90. The van der Waals surface area contributed by atoms with Crippen molar-refractivity contribution in [3.63, 3.8) is 0 Å². The molecule has 4 aromatic rings. The lowest BCUT2D eigenvalue weighted by atomic mass is 10.2. The van der Waals surface area contributed by atoms with Crippen molar-refractivity contribution in [1.29, 1.82) is 0 Å². The molecule has 0 unspecified atom stereocenters. The van der Waals surface area contributed by atoms with Crippen LogP contribution in [0.25, 0.3) is 11.5 Å². The highest BCUT2D eigenvalue weighted by atomic mass is 32.2. The second kappa shape index (κ2) is 9.79. The van der Waals surface area contributed by atoms with E-state index in [1.54, 1.807) is 6.07 Å². The average molecular weight is 529 g/mol. The number of anilines is 2. The van der Waals surface area contributed by atoms with Gasteiger partial charge in [-0.3, -0.25) is 14.8 Å². The number of nitrogens with zero attached hydrogens (tertiary/aromatic N) is 2. The summed E-state index contributed by atoms with van der Waals surface area (Å²) in [5.74, 6) is -0.0997. The van der Waals surface area contributed by atoms with E-state index in [2.05, 4.69) is 20.2 Å². The van der Waals surface area contributed by atoms with Crippen molar-refractivity contribution in [2.45, 2.75) is 9.79 Å². The van der Waals surface area contributed by atoms with Crippen LogP contribution in [-0.2, 0) is 19.9 Å². The van der Waals surface area contributed by atoms with Gasteiger partial charge in [0, 0.05) is 23.1 Å². The Morgan fingerprint density at radius 1 is 0.889 bits per heavy atom. The summed E-state index contributed by atoms with van der Waals surface area (Å²) in [6.07, 6.45) is 1.08. The molecule has 0 aliphatic carbocycles. The number of sulfonamides is 1. The Labute approximate surface area is 207 Å². The molecule has 0 bridgehead atoms. The summed E-state index contributed by atoms with van der Waals surface area (Å²) in [6.45, 7) is 0. The molecule has 3 aromatic carbocycles. The number of nitrogens with one attached hydrogen (secondary N) is 2. The van der Waals surface area contributed by atoms with Crippen LogP contribution in [0.4, 0.5) is 11.7 Å². The Hall–Kier alpha value is -4.23. The van der Waals surface area contributed by atoms with Gasteiger partial charge in [0.15, 0.2) is 9.84 Å². The second-order valence-corrected chi connectivity index (χ2v) is 11.2. The van der Waals surface area contributed by atoms with E-state index in [0.717, 1.165) is 6.26 Å². The fourth-order valence-electron chi connectivity index (χ4n) is 3.11. The number of carbonyl (C=O) groups excluding carboxylic acids is 1. The monoisotopic (exact) mass is 528 g/mol. The van der Waals surface area contributed by atoms with Gasteiger partial charge in [0.25, 0.3) is 15.9 Å². The van der Waals surface area contributed by atoms with Gasteiger partial charge in [0.2, 0.25) is 5.89 Å². The number of carbonyl (C=O) groups is 1. The molecular formula is C23H20N4O7S2. The second-order valence-electron chi connectivity index (χ2n) is 7.53. The SMILES string of the molecule is COc1ccc(S(=O)(=O)Nc2cccc(C(=O)Nc3nnc(-c4cccc(S(C)(=O)=O)c4)o3)c2)cc1. The summed E-state index contributed by atoms with van der Waals surface area (Å²) in [5.41, 5.74) is 0.659. The first-order valence-electron chi connectivity index (χ1n) is 10.3. The van der Waals surface area contributed by atoms with Crippen LogP contribution >= 0.6 is 0 Å². The van der Waals surface area contributed by atoms with E-state index in [1.165, 1.54) is 73.8 Å². The molecule has 186 valence electrons. The number of hydrogen-bond donors (Lipinski definition) is 2. The van der Waals surface area contributed by atoms with E-state index in [4.69, 9.17) is 9.15 Å². The van der Waals surface area contributed by atoms with Gasteiger partial charge in [-0.15, -0.1) is 5.10 Å². The number of methoxy groups -OCH3 is 1. The molecule has 1 heterocycles.